The predicted molar refractivity (Wildman–Crippen MR) is 89.1 cm³/mol. The molecule has 0 amide bonds. The van der Waals surface area contributed by atoms with E-state index in [1.807, 2.05) is 6.20 Å². The Morgan fingerprint density at radius 1 is 1.35 bits per heavy atom. The van der Waals surface area contributed by atoms with E-state index in [2.05, 4.69) is 21.8 Å². The first kappa shape index (κ1) is 16.5. The molecule has 5 heteroatoms. The molecule has 2 heterocycles. The van der Waals surface area contributed by atoms with Gasteiger partial charge in [0, 0.05) is 18.3 Å². The number of aryl methyl sites for hydroxylation is 1. The average molecular weight is 319 g/mol. The summed E-state index contributed by atoms with van der Waals surface area (Å²) in [7, 11) is 0. The van der Waals surface area contributed by atoms with Crippen molar-refractivity contribution in [3.63, 3.8) is 0 Å². The molecule has 1 saturated carbocycles. The monoisotopic (exact) mass is 319 g/mol. The lowest BCUT2D eigenvalue weighted by molar-refractivity contribution is -0.138. The van der Waals surface area contributed by atoms with Crippen molar-refractivity contribution in [2.75, 3.05) is 13.1 Å². The van der Waals surface area contributed by atoms with Crippen molar-refractivity contribution < 1.29 is 9.90 Å². The predicted octanol–water partition coefficient (Wildman–Crippen LogP) is 3.22. The largest absolute Gasteiger partial charge is 0.481 e. The van der Waals surface area contributed by atoms with Crippen LogP contribution in [-0.2, 0) is 17.8 Å². The number of aliphatic carboxylic acids is 1. The normalized spacial score (nSPS) is 22.5. The third-order valence-corrected chi connectivity index (χ3v) is 5.98. The first-order valence-corrected chi connectivity index (χ1v) is 9.05. The first-order chi connectivity index (χ1) is 11.1. The molecule has 1 aromatic heterocycles. The number of piperidine rings is 1. The summed E-state index contributed by atoms with van der Waals surface area (Å²) in [6.45, 7) is 5.36. The highest BCUT2D eigenvalue weighted by Gasteiger charge is 2.38. The number of hydrogen-bond donors (Lipinski definition) is 2. The summed E-state index contributed by atoms with van der Waals surface area (Å²) in [6.07, 6.45) is 10.5. The highest BCUT2D eigenvalue weighted by Crippen LogP contribution is 2.47. The van der Waals surface area contributed by atoms with Crippen LogP contribution in [0.1, 0.15) is 63.4 Å². The Hall–Kier alpha value is -1.36. The van der Waals surface area contributed by atoms with E-state index in [1.54, 1.807) is 0 Å². The molecule has 1 spiro atoms. The highest BCUT2D eigenvalue weighted by atomic mass is 16.4. The number of likely N-dealkylation sites (tertiary alicyclic amines) is 1. The highest BCUT2D eigenvalue weighted by molar-refractivity contribution is 5.67. The van der Waals surface area contributed by atoms with Crippen molar-refractivity contribution >= 4 is 5.97 Å². The Balaban J connectivity index is 1.46. The van der Waals surface area contributed by atoms with E-state index in [0.29, 0.717) is 17.8 Å². The summed E-state index contributed by atoms with van der Waals surface area (Å²) < 4.78 is 0. The number of nitrogens with zero attached hydrogens (tertiary/aromatic N) is 2. The fraction of sp³-hybridized carbons (Fsp3) is 0.778. The van der Waals surface area contributed by atoms with E-state index in [-0.39, 0.29) is 0 Å². The van der Waals surface area contributed by atoms with Gasteiger partial charge in [0.2, 0.25) is 0 Å². The zero-order valence-electron chi connectivity index (χ0n) is 14.2. The Kier molecular flexibility index (Phi) is 5.05. The average Bonchev–Trinajstić information content (AvgIpc) is 2.99. The minimum absolute atomic E-state index is 0.362. The van der Waals surface area contributed by atoms with Gasteiger partial charge in [-0.05, 0) is 69.4 Å². The topological polar surface area (TPSA) is 69.2 Å². The maximum atomic E-state index is 10.9. The summed E-state index contributed by atoms with van der Waals surface area (Å²) in [5, 5.41) is 8.95. The third kappa shape index (κ3) is 4.14. The zero-order valence-corrected chi connectivity index (χ0v) is 14.2. The molecule has 1 saturated heterocycles. The van der Waals surface area contributed by atoms with E-state index in [4.69, 9.17) is 5.11 Å². The summed E-state index contributed by atoms with van der Waals surface area (Å²) in [6, 6.07) is 0. The van der Waals surface area contributed by atoms with Crippen molar-refractivity contribution in [1.82, 2.24) is 14.9 Å². The SMILES string of the molecule is CCc1cnc(CN2CCC3(CCC(CC(=O)O)CC3)CC2)[nH]1. The quantitative estimate of drug-likeness (QED) is 0.874. The molecule has 1 aromatic rings. The Morgan fingerprint density at radius 3 is 2.61 bits per heavy atom. The van der Waals surface area contributed by atoms with E-state index in [1.165, 1.54) is 31.4 Å². The van der Waals surface area contributed by atoms with Gasteiger partial charge in [-0.3, -0.25) is 9.69 Å². The van der Waals surface area contributed by atoms with Gasteiger partial charge in [-0.1, -0.05) is 6.92 Å². The lowest BCUT2D eigenvalue weighted by Gasteiger charge is -2.45. The molecular weight excluding hydrogens is 290 g/mol. The van der Waals surface area contributed by atoms with Crippen LogP contribution in [-0.4, -0.2) is 39.0 Å². The Morgan fingerprint density at radius 2 is 2.04 bits per heavy atom. The molecule has 0 radical (unpaired) electrons. The van der Waals surface area contributed by atoms with Crippen molar-refractivity contribution in [3.05, 3.63) is 17.7 Å². The number of carboxylic acid groups (broad SMARTS) is 1. The fourth-order valence-electron chi connectivity index (χ4n) is 4.30. The van der Waals surface area contributed by atoms with E-state index in [0.717, 1.165) is 44.7 Å². The molecule has 3 rings (SSSR count). The zero-order chi connectivity index (χ0) is 16.3. The minimum Gasteiger partial charge on any atom is -0.481 e. The number of nitrogens with one attached hydrogen (secondary N) is 1. The third-order valence-electron chi connectivity index (χ3n) is 5.98. The van der Waals surface area contributed by atoms with Crippen LogP contribution in [0.2, 0.25) is 0 Å². The van der Waals surface area contributed by atoms with Gasteiger partial charge in [-0.15, -0.1) is 0 Å². The minimum atomic E-state index is -0.634. The molecule has 1 aliphatic carbocycles. The maximum absolute atomic E-state index is 10.9. The van der Waals surface area contributed by atoms with Crippen molar-refractivity contribution in [1.29, 1.82) is 0 Å². The molecule has 2 fully saturated rings. The van der Waals surface area contributed by atoms with Crippen LogP contribution in [0.25, 0.3) is 0 Å². The number of carbonyl (C=O) groups is 1. The van der Waals surface area contributed by atoms with Crippen LogP contribution in [0.3, 0.4) is 0 Å². The second-order valence-electron chi connectivity index (χ2n) is 7.53. The number of rotatable bonds is 5. The molecule has 1 aliphatic heterocycles. The molecule has 128 valence electrons. The number of imidazole rings is 1. The van der Waals surface area contributed by atoms with Gasteiger partial charge in [-0.2, -0.15) is 0 Å². The Labute approximate surface area is 138 Å². The molecule has 0 aromatic carbocycles. The van der Waals surface area contributed by atoms with E-state index < -0.39 is 5.97 Å². The van der Waals surface area contributed by atoms with E-state index in [9.17, 15) is 4.79 Å². The van der Waals surface area contributed by atoms with Gasteiger partial charge in [-0.25, -0.2) is 4.98 Å². The summed E-state index contributed by atoms with van der Waals surface area (Å²) in [5.74, 6) is 0.861. The number of hydrogen-bond acceptors (Lipinski definition) is 3. The maximum Gasteiger partial charge on any atom is 0.303 e. The molecule has 0 atom stereocenters. The van der Waals surface area contributed by atoms with Gasteiger partial charge < -0.3 is 10.1 Å². The molecule has 23 heavy (non-hydrogen) atoms. The van der Waals surface area contributed by atoms with Crippen LogP contribution in [0.5, 0.6) is 0 Å². The standard InChI is InChI=1S/C18H29N3O2/c1-2-15-12-19-16(20-15)13-21-9-7-18(8-10-21)5-3-14(4-6-18)11-17(22)23/h12,14H,2-11,13H2,1H3,(H,19,20)(H,22,23). The second-order valence-corrected chi connectivity index (χ2v) is 7.53. The van der Waals surface area contributed by atoms with Crippen molar-refractivity contribution in [2.45, 2.75) is 64.8 Å². The fourth-order valence-corrected chi connectivity index (χ4v) is 4.30. The van der Waals surface area contributed by atoms with Crippen molar-refractivity contribution in [2.24, 2.45) is 11.3 Å². The van der Waals surface area contributed by atoms with E-state index >= 15 is 0 Å². The van der Waals surface area contributed by atoms with Gasteiger partial charge >= 0.3 is 5.97 Å². The van der Waals surface area contributed by atoms with Crippen LogP contribution in [0.15, 0.2) is 6.20 Å². The molecule has 2 N–H and O–H groups in total. The lowest BCUT2D eigenvalue weighted by Crippen LogP contribution is -2.41. The van der Waals surface area contributed by atoms with Crippen LogP contribution in [0.4, 0.5) is 0 Å². The van der Waals surface area contributed by atoms with Crippen molar-refractivity contribution in [3.8, 4) is 0 Å². The van der Waals surface area contributed by atoms with Crippen LogP contribution >= 0.6 is 0 Å². The van der Waals surface area contributed by atoms with Gasteiger partial charge in [0.1, 0.15) is 5.82 Å². The van der Waals surface area contributed by atoms with Crippen LogP contribution in [0, 0.1) is 11.3 Å². The number of H-pyrrole nitrogens is 1. The number of carboxylic acids is 1. The number of aromatic amines is 1. The summed E-state index contributed by atoms with van der Waals surface area (Å²) in [4.78, 5) is 21.2. The summed E-state index contributed by atoms with van der Waals surface area (Å²) in [5.41, 5.74) is 1.70. The molecular formula is C18H29N3O2. The van der Waals surface area contributed by atoms with Gasteiger partial charge in [0.15, 0.2) is 0 Å². The van der Waals surface area contributed by atoms with Gasteiger partial charge in [0.25, 0.3) is 0 Å². The molecule has 5 nitrogen and oxygen atoms in total. The smallest absolute Gasteiger partial charge is 0.303 e. The van der Waals surface area contributed by atoms with Crippen LogP contribution < -0.4 is 0 Å². The molecule has 2 aliphatic rings. The van der Waals surface area contributed by atoms with Gasteiger partial charge in [0.05, 0.1) is 6.54 Å². The summed E-state index contributed by atoms with van der Waals surface area (Å²) >= 11 is 0. The first-order valence-electron chi connectivity index (χ1n) is 9.05. The molecule has 0 bridgehead atoms. The molecule has 0 unspecified atom stereocenters. The lowest BCUT2D eigenvalue weighted by atomic mass is 9.65. The Bertz CT molecular complexity index is 522. The number of aromatic nitrogens is 2. The second kappa shape index (κ2) is 7.04.